The molecule has 1 aliphatic heterocycles. The number of carbonyl (C=O) groups is 2. The van der Waals surface area contributed by atoms with Gasteiger partial charge in [0.15, 0.2) is 0 Å². The van der Waals surface area contributed by atoms with Crippen molar-refractivity contribution in [2.45, 2.75) is 25.9 Å². The van der Waals surface area contributed by atoms with E-state index < -0.39 is 27.8 Å². The van der Waals surface area contributed by atoms with Crippen LogP contribution in [-0.2, 0) is 21.4 Å². The van der Waals surface area contributed by atoms with Gasteiger partial charge in [-0.25, -0.2) is 12.8 Å². The molecule has 2 aromatic heterocycles. The number of thiophene rings is 1. The zero-order valence-corrected chi connectivity index (χ0v) is 23.4. The normalized spacial score (nSPS) is 16.4. The van der Waals surface area contributed by atoms with Crippen LogP contribution < -0.4 is 4.90 Å². The molecule has 2 amide bonds. The number of benzene rings is 1. The van der Waals surface area contributed by atoms with Gasteiger partial charge in [-0.1, -0.05) is 17.7 Å². The van der Waals surface area contributed by atoms with E-state index >= 15 is 4.39 Å². The van der Waals surface area contributed by atoms with Gasteiger partial charge in [0.25, 0.3) is 5.91 Å². The zero-order chi connectivity index (χ0) is 27.6. The minimum Gasteiger partial charge on any atom is -0.345 e. The van der Waals surface area contributed by atoms with E-state index in [0.29, 0.717) is 20.5 Å². The molecule has 12 heteroatoms. The third kappa shape index (κ3) is 5.96. The second kappa shape index (κ2) is 11.3. The van der Waals surface area contributed by atoms with E-state index in [2.05, 4.69) is 4.98 Å². The van der Waals surface area contributed by atoms with E-state index in [-0.39, 0.29) is 36.7 Å². The molecular formula is C26H26ClFN4O4S2. The molecule has 1 aliphatic rings. The molecule has 1 fully saturated rings. The smallest absolute Gasteiger partial charge is 0.253 e. The molecular weight excluding hydrogens is 551 g/mol. The number of hydrogen-bond acceptors (Lipinski definition) is 6. The first-order chi connectivity index (χ1) is 18.0. The minimum absolute atomic E-state index is 0.0112. The van der Waals surface area contributed by atoms with Crippen LogP contribution in [0.5, 0.6) is 0 Å². The topological polar surface area (TPSA) is 90.9 Å². The molecule has 38 heavy (non-hydrogen) atoms. The molecule has 3 aromatic rings. The summed E-state index contributed by atoms with van der Waals surface area (Å²) in [7, 11) is -0.999. The summed E-state index contributed by atoms with van der Waals surface area (Å²) >= 11 is 7.27. The maximum absolute atomic E-state index is 15.0. The van der Waals surface area contributed by atoms with Gasteiger partial charge in [0, 0.05) is 37.3 Å². The quantitative estimate of drug-likeness (QED) is 0.390. The number of pyridine rings is 1. The van der Waals surface area contributed by atoms with E-state index in [1.807, 2.05) is 0 Å². The van der Waals surface area contributed by atoms with Crippen LogP contribution in [0.1, 0.15) is 34.3 Å². The van der Waals surface area contributed by atoms with E-state index in [1.54, 1.807) is 57.5 Å². The molecule has 3 heterocycles. The molecule has 0 aliphatic carbocycles. The van der Waals surface area contributed by atoms with Crippen molar-refractivity contribution in [3.8, 4) is 0 Å². The SMILES string of the molecule is C/C(=C\S(=O)(=O)N(Cc1ccccn1)[C@H]1CCN(c2ccc(C(=O)N(C)C)cc2F)C1=O)c1ccc(Cl)s1. The van der Waals surface area contributed by atoms with Gasteiger partial charge in [-0.2, -0.15) is 4.31 Å². The predicted octanol–water partition coefficient (Wildman–Crippen LogP) is 4.64. The zero-order valence-electron chi connectivity index (χ0n) is 21.0. The molecule has 0 bridgehead atoms. The largest absolute Gasteiger partial charge is 0.345 e. The van der Waals surface area contributed by atoms with Gasteiger partial charge < -0.3 is 9.80 Å². The summed E-state index contributed by atoms with van der Waals surface area (Å²) in [6.07, 6.45) is 1.70. The molecule has 1 aromatic carbocycles. The van der Waals surface area contributed by atoms with Crippen LogP contribution in [0.4, 0.5) is 10.1 Å². The van der Waals surface area contributed by atoms with Crippen LogP contribution >= 0.6 is 22.9 Å². The Balaban J connectivity index is 1.67. The molecule has 1 saturated heterocycles. The number of halogens is 2. The first-order valence-electron chi connectivity index (χ1n) is 11.7. The van der Waals surface area contributed by atoms with E-state index in [0.717, 1.165) is 15.8 Å². The number of hydrogen-bond donors (Lipinski definition) is 0. The summed E-state index contributed by atoms with van der Waals surface area (Å²) in [6.45, 7) is 1.63. The van der Waals surface area contributed by atoms with Gasteiger partial charge in [-0.15, -0.1) is 11.3 Å². The lowest BCUT2D eigenvalue weighted by Gasteiger charge is -2.26. The Hall–Kier alpha value is -3.12. The third-order valence-corrected chi connectivity index (χ3v) is 9.13. The number of aromatic nitrogens is 1. The van der Waals surface area contributed by atoms with Gasteiger partial charge in [-0.05, 0) is 61.4 Å². The number of nitrogens with zero attached hydrogens (tertiary/aromatic N) is 4. The van der Waals surface area contributed by atoms with Crippen molar-refractivity contribution in [1.82, 2.24) is 14.2 Å². The maximum Gasteiger partial charge on any atom is 0.253 e. The van der Waals surface area contributed by atoms with Gasteiger partial charge >= 0.3 is 0 Å². The summed E-state index contributed by atoms with van der Waals surface area (Å²) in [4.78, 5) is 33.2. The Labute approximate surface area is 230 Å². The van der Waals surface area contributed by atoms with Crippen molar-refractivity contribution >= 4 is 56.0 Å². The highest BCUT2D eigenvalue weighted by Gasteiger charge is 2.42. The summed E-state index contributed by atoms with van der Waals surface area (Å²) in [5.41, 5.74) is 1.07. The lowest BCUT2D eigenvalue weighted by Crippen LogP contribution is -2.44. The Morgan fingerprint density at radius 2 is 2.00 bits per heavy atom. The summed E-state index contributed by atoms with van der Waals surface area (Å²) < 4.78 is 44.0. The second-order valence-electron chi connectivity index (χ2n) is 8.98. The Morgan fingerprint density at radius 1 is 1.24 bits per heavy atom. The molecule has 0 radical (unpaired) electrons. The lowest BCUT2D eigenvalue weighted by atomic mass is 10.1. The Kier molecular flexibility index (Phi) is 8.31. The fraction of sp³-hybridized carbons (Fsp3) is 0.269. The van der Waals surface area contributed by atoms with Crippen LogP contribution in [0.15, 0.2) is 60.1 Å². The fourth-order valence-corrected chi connectivity index (χ4v) is 6.85. The lowest BCUT2D eigenvalue weighted by molar-refractivity contribution is -0.120. The van der Waals surface area contributed by atoms with E-state index in [1.165, 1.54) is 33.3 Å². The first kappa shape index (κ1) is 27.9. The second-order valence-corrected chi connectivity index (χ2v) is 12.4. The Bertz CT molecular complexity index is 1490. The number of allylic oxidation sites excluding steroid dienone is 1. The molecule has 0 N–H and O–H groups in total. The van der Waals surface area contributed by atoms with Crippen LogP contribution in [-0.4, -0.2) is 61.1 Å². The molecule has 0 unspecified atom stereocenters. The van der Waals surface area contributed by atoms with Crippen molar-refractivity contribution in [1.29, 1.82) is 0 Å². The van der Waals surface area contributed by atoms with Crippen molar-refractivity contribution in [2.24, 2.45) is 0 Å². The highest BCUT2D eigenvalue weighted by Crippen LogP contribution is 2.32. The molecule has 8 nitrogen and oxygen atoms in total. The van der Waals surface area contributed by atoms with Crippen molar-refractivity contribution in [3.05, 3.63) is 86.4 Å². The van der Waals surface area contributed by atoms with Crippen LogP contribution in [0.3, 0.4) is 0 Å². The summed E-state index contributed by atoms with van der Waals surface area (Å²) in [5, 5.41) is 1.12. The van der Waals surface area contributed by atoms with Crippen LogP contribution in [0.25, 0.3) is 5.57 Å². The maximum atomic E-state index is 15.0. The minimum atomic E-state index is -4.11. The van der Waals surface area contributed by atoms with E-state index in [9.17, 15) is 18.0 Å². The third-order valence-electron chi connectivity index (χ3n) is 6.07. The highest BCUT2D eigenvalue weighted by molar-refractivity contribution is 7.92. The number of sulfonamides is 1. The van der Waals surface area contributed by atoms with Crippen LogP contribution in [0, 0.1) is 5.82 Å². The molecule has 4 rings (SSSR count). The van der Waals surface area contributed by atoms with Crippen LogP contribution in [0.2, 0.25) is 4.34 Å². The number of carbonyl (C=O) groups excluding carboxylic acids is 2. The number of amides is 2. The van der Waals surface area contributed by atoms with Gasteiger partial charge in [0.2, 0.25) is 15.9 Å². The fourth-order valence-electron chi connectivity index (χ4n) is 4.19. The average molecular weight is 577 g/mol. The molecule has 200 valence electrons. The van der Waals surface area contributed by atoms with Crippen molar-refractivity contribution in [3.63, 3.8) is 0 Å². The van der Waals surface area contributed by atoms with Crippen molar-refractivity contribution < 1.29 is 22.4 Å². The van der Waals surface area contributed by atoms with Gasteiger partial charge in [-0.3, -0.25) is 14.6 Å². The molecule has 1 atom stereocenters. The first-order valence-corrected chi connectivity index (χ1v) is 14.4. The summed E-state index contributed by atoms with van der Waals surface area (Å²) in [5.74, 6) is -1.67. The average Bonchev–Trinajstić information content (AvgIpc) is 3.48. The summed E-state index contributed by atoms with van der Waals surface area (Å²) in [6, 6.07) is 11.4. The Morgan fingerprint density at radius 3 is 2.61 bits per heavy atom. The van der Waals surface area contributed by atoms with Crippen molar-refractivity contribution in [2.75, 3.05) is 25.5 Å². The number of rotatable bonds is 8. The monoisotopic (exact) mass is 576 g/mol. The standard InChI is InChI=1S/C26H26ClFN4O4S2/c1-17(23-9-10-24(27)37-23)16-38(35,36)32(15-19-6-4-5-12-29-19)22-11-13-31(26(22)34)21-8-7-18(14-20(21)28)25(33)30(2)3/h4-10,12,14,16,22H,11,13,15H2,1-3H3/b17-16+/t22-/m0/s1. The van der Waals surface area contributed by atoms with Gasteiger partial charge in [0.05, 0.1) is 27.7 Å². The number of anilines is 1. The molecule has 0 spiro atoms. The molecule has 0 saturated carbocycles. The predicted molar refractivity (Wildman–Crippen MR) is 147 cm³/mol. The van der Waals surface area contributed by atoms with Gasteiger partial charge in [0.1, 0.15) is 11.9 Å². The highest BCUT2D eigenvalue weighted by atomic mass is 35.5. The van der Waals surface area contributed by atoms with E-state index in [4.69, 9.17) is 11.6 Å².